The molecule has 0 saturated heterocycles. The molecule has 0 unspecified atom stereocenters. The minimum absolute atomic E-state index is 0.00985. The van der Waals surface area contributed by atoms with Crippen molar-refractivity contribution in [2.24, 2.45) is 5.92 Å². The summed E-state index contributed by atoms with van der Waals surface area (Å²) in [5.74, 6) is -0.391. The molecule has 1 aromatic carbocycles. The van der Waals surface area contributed by atoms with Gasteiger partial charge in [-0.1, -0.05) is 44.2 Å². The minimum Gasteiger partial charge on any atom is -0.322 e. The molecule has 2 aromatic rings. The van der Waals surface area contributed by atoms with Crippen LogP contribution in [-0.2, 0) is 4.79 Å². The van der Waals surface area contributed by atoms with Crippen molar-refractivity contribution in [2.45, 2.75) is 19.9 Å². The Balaban J connectivity index is 2.03. The fourth-order valence-electron chi connectivity index (χ4n) is 2.80. The smallest absolute Gasteiger partial charge is 0.258 e. The molecular weight excluding hydrogens is 302 g/mol. The Morgan fingerprint density at radius 2 is 1.79 bits per heavy atom. The number of nitrogens with one attached hydrogen (secondary N) is 1. The van der Waals surface area contributed by atoms with Crippen molar-refractivity contribution >= 4 is 17.5 Å². The highest BCUT2D eigenvalue weighted by Crippen LogP contribution is 2.24. The standard InChI is InChI=1S/C19H19N3O2/c1-13(2)17-18(23)21-16(14-6-4-3-5-7-14)12-22(17)19(24)15-8-10-20-11-9-15/h3-13,17H,1-2H3,(H,21,23)/t17-/m0/s1. The molecule has 0 bridgehead atoms. The van der Waals surface area contributed by atoms with Gasteiger partial charge in [0.2, 0.25) is 5.91 Å². The van der Waals surface area contributed by atoms with Gasteiger partial charge < -0.3 is 10.2 Å². The monoisotopic (exact) mass is 321 g/mol. The Kier molecular flexibility index (Phi) is 4.42. The van der Waals surface area contributed by atoms with E-state index in [0.717, 1.165) is 5.56 Å². The second-order valence-corrected chi connectivity index (χ2v) is 6.04. The SMILES string of the molecule is CC(C)[C@H]1C(=O)NC(c2ccccc2)=CN1C(=O)c1ccncc1. The maximum atomic E-state index is 12.9. The molecule has 2 heterocycles. The van der Waals surface area contributed by atoms with E-state index in [-0.39, 0.29) is 17.7 Å². The average Bonchev–Trinajstić information content (AvgIpc) is 2.61. The van der Waals surface area contributed by atoms with Crippen LogP contribution < -0.4 is 5.32 Å². The number of nitrogens with zero attached hydrogens (tertiary/aromatic N) is 2. The van der Waals surface area contributed by atoms with Gasteiger partial charge in [0, 0.05) is 24.2 Å². The van der Waals surface area contributed by atoms with Gasteiger partial charge in [-0.2, -0.15) is 0 Å². The second-order valence-electron chi connectivity index (χ2n) is 6.04. The van der Waals surface area contributed by atoms with Crippen LogP contribution in [0.25, 0.3) is 5.70 Å². The van der Waals surface area contributed by atoms with Gasteiger partial charge >= 0.3 is 0 Å². The van der Waals surface area contributed by atoms with Crippen molar-refractivity contribution in [1.29, 1.82) is 0 Å². The topological polar surface area (TPSA) is 62.3 Å². The molecule has 5 heteroatoms. The zero-order valence-corrected chi connectivity index (χ0v) is 13.6. The lowest BCUT2D eigenvalue weighted by atomic mass is 9.98. The Morgan fingerprint density at radius 1 is 1.12 bits per heavy atom. The molecule has 1 aromatic heterocycles. The van der Waals surface area contributed by atoms with Crippen molar-refractivity contribution in [3.63, 3.8) is 0 Å². The summed E-state index contributed by atoms with van der Waals surface area (Å²) >= 11 is 0. The van der Waals surface area contributed by atoms with E-state index < -0.39 is 6.04 Å². The van der Waals surface area contributed by atoms with E-state index in [9.17, 15) is 9.59 Å². The summed E-state index contributed by atoms with van der Waals surface area (Å²) in [5, 5.41) is 2.92. The van der Waals surface area contributed by atoms with E-state index in [1.54, 1.807) is 30.7 Å². The zero-order valence-electron chi connectivity index (χ0n) is 13.6. The van der Waals surface area contributed by atoms with Crippen molar-refractivity contribution in [1.82, 2.24) is 15.2 Å². The largest absolute Gasteiger partial charge is 0.322 e. The number of aromatic nitrogens is 1. The Morgan fingerprint density at radius 3 is 2.42 bits per heavy atom. The van der Waals surface area contributed by atoms with Crippen molar-refractivity contribution < 1.29 is 9.59 Å². The predicted octanol–water partition coefficient (Wildman–Crippen LogP) is 2.68. The number of carbonyl (C=O) groups is 2. The van der Waals surface area contributed by atoms with E-state index in [1.807, 2.05) is 44.2 Å². The third-order valence-electron chi connectivity index (χ3n) is 3.97. The normalized spacial score (nSPS) is 17.5. The van der Waals surface area contributed by atoms with Crippen LogP contribution in [-0.4, -0.2) is 27.7 Å². The van der Waals surface area contributed by atoms with Crippen LogP contribution in [0.3, 0.4) is 0 Å². The molecule has 5 nitrogen and oxygen atoms in total. The third kappa shape index (κ3) is 3.06. The average molecular weight is 321 g/mol. The van der Waals surface area contributed by atoms with Crippen LogP contribution >= 0.6 is 0 Å². The highest BCUT2D eigenvalue weighted by atomic mass is 16.2. The quantitative estimate of drug-likeness (QED) is 0.945. The number of rotatable bonds is 3. The lowest BCUT2D eigenvalue weighted by Crippen LogP contribution is -2.53. The van der Waals surface area contributed by atoms with E-state index >= 15 is 0 Å². The highest BCUT2D eigenvalue weighted by molar-refractivity contribution is 6.02. The first-order valence-corrected chi connectivity index (χ1v) is 7.88. The zero-order chi connectivity index (χ0) is 17.1. The molecule has 3 rings (SSSR count). The molecule has 1 aliphatic rings. The Hall–Kier alpha value is -2.95. The van der Waals surface area contributed by atoms with Gasteiger partial charge in [-0.25, -0.2) is 0 Å². The summed E-state index contributed by atoms with van der Waals surface area (Å²) in [6, 6.07) is 12.3. The molecule has 0 fully saturated rings. The van der Waals surface area contributed by atoms with Gasteiger partial charge in [0.15, 0.2) is 0 Å². The van der Waals surface area contributed by atoms with Crippen LogP contribution in [0.1, 0.15) is 29.8 Å². The second kappa shape index (κ2) is 6.66. The first-order chi connectivity index (χ1) is 11.6. The van der Waals surface area contributed by atoms with Gasteiger partial charge in [0.25, 0.3) is 5.91 Å². The third-order valence-corrected chi connectivity index (χ3v) is 3.97. The summed E-state index contributed by atoms with van der Waals surface area (Å²) in [7, 11) is 0. The van der Waals surface area contributed by atoms with Gasteiger partial charge in [-0.3, -0.25) is 14.6 Å². The van der Waals surface area contributed by atoms with Crippen LogP contribution in [0.2, 0.25) is 0 Å². The minimum atomic E-state index is -0.543. The molecule has 24 heavy (non-hydrogen) atoms. The lowest BCUT2D eigenvalue weighted by Gasteiger charge is -2.35. The van der Waals surface area contributed by atoms with E-state index in [1.165, 1.54) is 4.90 Å². The molecule has 122 valence electrons. The number of hydrogen-bond donors (Lipinski definition) is 1. The number of carbonyl (C=O) groups excluding carboxylic acids is 2. The molecule has 2 amide bonds. The predicted molar refractivity (Wildman–Crippen MR) is 91.6 cm³/mol. The maximum absolute atomic E-state index is 12.9. The molecule has 1 N–H and O–H groups in total. The Labute approximate surface area is 141 Å². The van der Waals surface area contributed by atoms with Gasteiger partial charge in [-0.05, 0) is 23.6 Å². The molecule has 0 spiro atoms. The fraction of sp³-hybridized carbons (Fsp3) is 0.211. The van der Waals surface area contributed by atoms with Crippen molar-refractivity contribution in [3.8, 4) is 0 Å². The summed E-state index contributed by atoms with van der Waals surface area (Å²) in [4.78, 5) is 31.0. The maximum Gasteiger partial charge on any atom is 0.258 e. The van der Waals surface area contributed by atoms with Crippen LogP contribution in [0, 0.1) is 5.92 Å². The summed E-state index contributed by atoms with van der Waals surface area (Å²) in [6.45, 7) is 3.86. The van der Waals surface area contributed by atoms with Gasteiger partial charge in [-0.15, -0.1) is 0 Å². The van der Waals surface area contributed by atoms with Gasteiger partial charge in [0.1, 0.15) is 6.04 Å². The van der Waals surface area contributed by atoms with Crippen LogP contribution in [0.4, 0.5) is 0 Å². The van der Waals surface area contributed by atoms with E-state index in [4.69, 9.17) is 0 Å². The molecule has 0 saturated carbocycles. The molecular formula is C19H19N3O2. The molecule has 0 aliphatic carbocycles. The summed E-state index contributed by atoms with van der Waals surface area (Å²) in [6.07, 6.45) is 4.87. The molecule has 0 radical (unpaired) electrons. The van der Waals surface area contributed by atoms with Crippen molar-refractivity contribution in [2.75, 3.05) is 0 Å². The summed E-state index contributed by atoms with van der Waals surface area (Å²) < 4.78 is 0. The fourth-order valence-corrected chi connectivity index (χ4v) is 2.80. The number of benzene rings is 1. The highest BCUT2D eigenvalue weighted by Gasteiger charge is 2.36. The lowest BCUT2D eigenvalue weighted by molar-refractivity contribution is -0.125. The first-order valence-electron chi connectivity index (χ1n) is 7.88. The van der Waals surface area contributed by atoms with Crippen LogP contribution in [0.15, 0.2) is 61.1 Å². The van der Waals surface area contributed by atoms with Crippen molar-refractivity contribution in [3.05, 3.63) is 72.2 Å². The van der Waals surface area contributed by atoms with E-state index in [2.05, 4.69) is 10.3 Å². The number of pyridine rings is 1. The van der Waals surface area contributed by atoms with E-state index in [0.29, 0.717) is 11.3 Å². The number of amides is 2. The molecule has 1 atom stereocenters. The number of hydrogen-bond acceptors (Lipinski definition) is 3. The first kappa shape index (κ1) is 15.9. The summed E-state index contributed by atoms with van der Waals surface area (Å²) in [5.41, 5.74) is 1.99. The van der Waals surface area contributed by atoms with Gasteiger partial charge in [0.05, 0.1) is 5.70 Å². The molecule has 1 aliphatic heterocycles. The Bertz CT molecular complexity index is 770. The van der Waals surface area contributed by atoms with Crippen LogP contribution in [0.5, 0.6) is 0 Å².